The Morgan fingerprint density at radius 3 is 2.62 bits per heavy atom. The zero-order chi connectivity index (χ0) is 15.9. The molecule has 0 saturated heterocycles. The van der Waals surface area contributed by atoms with Crippen molar-refractivity contribution >= 4 is 44.7 Å². The van der Waals surface area contributed by atoms with Gasteiger partial charge in [0.1, 0.15) is 9.58 Å². The number of aromatic hydroxyl groups is 2. The molecule has 2 N–H and O–H groups in total. The smallest absolute Gasteiger partial charge is 0.350 e. The Bertz CT molecular complexity index is 754. The van der Waals surface area contributed by atoms with Crippen molar-refractivity contribution in [1.82, 2.24) is 0 Å². The molecule has 0 amide bonds. The standard InChI is InChI=1S/C12H10ClNO6S/c1-4(2)20-12(17)11-7(13)5-3-6(15)9(16)8(14(18)19)10(5)21-11/h3-4,15-16H,1-2H3. The number of halogens is 1. The van der Waals surface area contributed by atoms with E-state index in [2.05, 4.69) is 0 Å². The molecule has 0 atom stereocenters. The number of nitro benzene ring substituents is 1. The van der Waals surface area contributed by atoms with Gasteiger partial charge in [0.15, 0.2) is 5.75 Å². The Morgan fingerprint density at radius 2 is 2.10 bits per heavy atom. The molecule has 0 aliphatic carbocycles. The van der Waals surface area contributed by atoms with Gasteiger partial charge in [-0.05, 0) is 19.9 Å². The highest BCUT2D eigenvalue weighted by molar-refractivity contribution is 7.22. The molecule has 2 aromatic rings. The van der Waals surface area contributed by atoms with Crippen LogP contribution < -0.4 is 0 Å². The SMILES string of the molecule is CC(C)OC(=O)c1sc2c([N+](=O)[O-])c(O)c(O)cc2c1Cl. The average Bonchev–Trinajstić information content (AvgIpc) is 2.67. The summed E-state index contributed by atoms with van der Waals surface area (Å²) in [5.74, 6) is -2.27. The second-order valence-electron chi connectivity index (χ2n) is 4.43. The quantitative estimate of drug-likeness (QED) is 0.386. The third kappa shape index (κ3) is 2.59. The minimum atomic E-state index is -0.866. The maximum Gasteiger partial charge on any atom is 0.350 e. The van der Waals surface area contributed by atoms with Gasteiger partial charge in [-0.3, -0.25) is 10.1 Å². The summed E-state index contributed by atoms with van der Waals surface area (Å²) < 4.78 is 5.00. The van der Waals surface area contributed by atoms with Crippen LogP contribution in [0.25, 0.3) is 10.1 Å². The van der Waals surface area contributed by atoms with Crippen LogP contribution >= 0.6 is 22.9 Å². The summed E-state index contributed by atoms with van der Waals surface area (Å²) in [6.45, 7) is 3.30. The molecule has 0 aliphatic rings. The lowest BCUT2D eigenvalue weighted by molar-refractivity contribution is -0.383. The summed E-state index contributed by atoms with van der Waals surface area (Å²) in [7, 11) is 0. The minimum Gasteiger partial charge on any atom is -0.504 e. The van der Waals surface area contributed by atoms with Crippen molar-refractivity contribution < 1.29 is 24.7 Å². The van der Waals surface area contributed by atoms with Gasteiger partial charge in [-0.15, -0.1) is 11.3 Å². The molecule has 21 heavy (non-hydrogen) atoms. The third-order valence-corrected chi connectivity index (χ3v) is 4.26. The first-order chi connectivity index (χ1) is 9.73. The first-order valence-electron chi connectivity index (χ1n) is 5.76. The number of rotatable bonds is 3. The van der Waals surface area contributed by atoms with E-state index in [0.29, 0.717) is 0 Å². The number of esters is 1. The second-order valence-corrected chi connectivity index (χ2v) is 5.82. The number of ether oxygens (including phenoxy) is 1. The van der Waals surface area contributed by atoms with Crippen LogP contribution in [0, 0.1) is 10.1 Å². The lowest BCUT2D eigenvalue weighted by Crippen LogP contribution is -2.10. The van der Waals surface area contributed by atoms with E-state index in [4.69, 9.17) is 16.3 Å². The lowest BCUT2D eigenvalue weighted by atomic mass is 10.2. The van der Waals surface area contributed by atoms with Gasteiger partial charge >= 0.3 is 11.7 Å². The first-order valence-corrected chi connectivity index (χ1v) is 6.95. The van der Waals surface area contributed by atoms with Crippen LogP contribution in [0.3, 0.4) is 0 Å². The van der Waals surface area contributed by atoms with Crippen molar-refractivity contribution in [2.24, 2.45) is 0 Å². The predicted octanol–water partition coefficient (Wildman–Crippen LogP) is 3.44. The van der Waals surface area contributed by atoms with Crippen LogP contribution in [-0.4, -0.2) is 27.2 Å². The van der Waals surface area contributed by atoms with Crippen molar-refractivity contribution in [3.8, 4) is 11.5 Å². The van der Waals surface area contributed by atoms with Gasteiger partial charge < -0.3 is 14.9 Å². The number of nitrogens with zero attached hydrogens (tertiary/aromatic N) is 1. The molecule has 9 heteroatoms. The van der Waals surface area contributed by atoms with Gasteiger partial charge in [-0.25, -0.2) is 4.79 Å². The van der Waals surface area contributed by atoms with Gasteiger partial charge in [0.05, 0.1) is 16.0 Å². The zero-order valence-electron chi connectivity index (χ0n) is 10.9. The fourth-order valence-electron chi connectivity index (χ4n) is 1.73. The number of hydrogen-bond acceptors (Lipinski definition) is 7. The van der Waals surface area contributed by atoms with Crippen LogP contribution in [-0.2, 0) is 4.74 Å². The normalized spacial score (nSPS) is 11.0. The first kappa shape index (κ1) is 15.3. The van der Waals surface area contributed by atoms with E-state index in [9.17, 15) is 25.1 Å². The molecule has 1 aromatic heterocycles. The van der Waals surface area contributed by atoms with E-state index >= 15 is 0 Å². The van der Waals surface area contributed by atoms with Crippen LogP contribution in [0.15, 0.2) is 6.07 Å². The number of phenolic OH excluding ortho intramolecular Hbond substituents is 2. The van der Waals surface area contributed by atoms with E-state index < -0.39 is 28.1 Å². The maximum absolute atomic E-state index is 11.9. The average molecular weight is 332 g/mol. The molecule has 0 bridgehead atoms. The van der Waals surface area contributed by atoms with Gasteiger partial charge in [0.2, 0.25) is 5.75 Å². The summed E-state index contributed by atoms with van der Waals surface area (Å²) >= 11 is 6.76. The van der Waals surface area contributed by atoms with Crippen molar-refractivity contribution in [1.29, 1.82) is 0 Å². The Labute approximate surface area is 127 Å². The highest BCUT2D eigenvalue weighted by atomic mass is 35.5. The molecule has 112 valence electrons. The Balaban J connectivity index is 2.74. The van der Waals surface area contributed by atoms with Crippen LogP contribution in [0.2, 0.25) is 5.02 Å². The number of benzene rings is 1. The topological polar surface area (TPSA) is 110 Å². The second kappa shape index (κ2) is 5.38. The molecule has 1 aromatic carbocycles. The predicted molar refractivity (Wildman–Crippen MR) is 77.4 cm³/mol. The molecule has 0 spiro atoms. The molecule has 0 unspecified atom stereocenters. The van der Waals surface area contributed by atoms with E-state index in [-0.39, 0.29) is 26.1 Å². The number of fused-ring (bicyclic) bond motifs is 1. The van der Waals surface area contributed by atoms with Crippen molar-refractivity contribution in [2.45, 2.75) is 20.0 Å². The molecule has 7 nitrogen and oxygen atoms in total. The van der Waals surface area contributed by atoms with Crippen LogP contribution in [0.1, 0.15) is 23.5 Å². The lowest BCUT2D eigenvalue weighted by Gasteiger charge is -2.05. The Kier molecular flexibility index (Phi) is 3.93. The highest BCUT2D eigenvalue weighted by Crippen LogP contribution is 2.48. The molecule has 2 rings (SSSR count). The number of carbonyl (C=O) groups is 1. The van der Waals surface area contributed by atoms with Gasteiger partial charge in [-0.2, -0.15) is 0 Å². The van der Waals surface area contributed by atoms with Crippen LogP contribution in [0.4, 0.5) is 5.69 Å². The summed E-state index contributed by atoms with van der Waals surface area (Å²) in [5, 5.41) is 30.2. The van der Waals surface area contributed by atoms with Crippen molar-refractivity contribution in [3.05, 3.63) is 26.1 Å². The monoisotopic (exact) mass is 331 g/mol. The zero-order valence-corrected chi connectivity index (χ0v) is 12.5. The Hall–Kier alpha value is -2.06. The van der Waals surface area contributed by atoms with E-state index in [1.165, 1.54) is 0 Å². The number of hydrogen-bond donors (Lipinski definition) is 2. The summed E-state index contributed by atoms with van der Waals surface area (Å²) in [6, 6.07) is 1.07. The Morgan fingerprint density at radius 1 is 1.48 bits per heavy atom. The summed E-state index contributed by atoms with van der Waals surface area (Å²) in [4.78, 5) is 22.1. The molecular weight excluding hydrogens is 322 g/mol. The van der Waals surface area contributed by atoms with Gasteiger partial charge in [-0.1, -0.05) is 11.6 Å². The largest absolute Gasteiger partial charge is 0.504 e. The number of phenols is 2. The minimum absolute atomic E-state index is 0.00370. The molecular formula is C12H10ClNO6S. The molecule has 0 saturated carbocycles. The number of nitro groups is 1. The number of carbonyl (C=O) groups excluding carboxylic acids is 1. The fourth-order valence-corrected chi connectivity index (χ4v) is 3.20. The van der Waals surface area contributed by atoms with Gasteiger partial charge in [0, 0.05) is 5.39 Å². The number of thiophene rings is 1. The van der Waals surface area contributed by atoms with Gasteiger partial charge in [0.25, 0.3) is 0 Å². The van der Waals surface area contributed by atoms with Crippen molar-refractivity contribution in [2.75, 3.05) is 0 Å². The third-order valence-electron chi connectivity index (χ3n) is 2.56. The fraction of sp³-hybridized carbons (Fsp3) is 0.250. The van der Waals surface area contributed by atoms with Crippen LogP contribution in [0.5, 0.6) is 11.5 Å². The highest BCUT2D eigenvalue weighted by Gasteiger charge is 2.29. The molecule has 1 heterocycles. The molecule has 0 fully saturated rings. The van der Waals surface area contributed by atoms with E-state index in [0.717, 1.165) is 17.4 Å². The van der Waals surface area contributed by atoms with E-state index in [1.54, 1.807) is 13.8 Å². The maximum atomic E-state index is 11.9. The van der Waals surface area contributed by atoms with E-state index in [1.807, 2.05) is 0 Å². The molecule has 0 aliphatic heterocycles. The van der Waals surface area contributed by atoms with Crippen molar-refractivity contribution in [3.63, 3.8) is 0 Å². The molecule has 0 radical (unpaired) electrons. The summed E-state index contributed by atoms with van der Waals surface area (Å²) in [5.41, 5.74) is -0.694. The summed E-state index contributed by atoms with van der Waals surface area (Å²) in [6.07, 6.45) is -0.379.